The number of benzene rings is 1. The number of nitrogens with one attached hydrogen (secondary N) is 1. The maximum absolute atomic E-state index is 8.76. The van der Waals surface area contributed by atoms with E-state index in [4.69, 9.17) is 5.26 Å². The van der Waals surface area contributed by atoms with E-state index in [-0.39, 0.29) is 0 Å². The minimum atomic E-state index is 0.604. The van der Waals surface area contributed by atoms with Crippen molar-refractivity contribution in [1.82, 2.24) is 4.98 Å². The summed E-state index contributed by atoms with van der Waals surface area (Å²) in [6.07, 6.45) is 1.87. The van der Waals surface area contributed by atoms with Crippen LogP contribution >= 0.6 is 11.3 Å². The maximum atomic E-state index is 8.76. The Kier molecular flexibility index (Phi) is 3.96. The minimum Gasteiger partial charge on any atom is -0.361 e. The van der Waals surface area contributed by atoms with Crippen LogP contribution in [0, 0.1) is 17.2 Å². The van der Waals surface area contributed by atoms with Gasteiger partial charge < -0.3 is 5.32 Å². The number of anilines is 1. The number of thiazole rings is 1. The summed E-state index contributed by atoms with van der Waals surface area (Å²) < 4.78 is 0. The van der Waals surface area contributed by atoms with Gasteiger partial charge in [-0.1, -0.05) is 37.3 Å². The van der Waals surface area contributed by atoms with Crippen molar-refractivity contribution in [3.63, 3.8) is 0 Å². The third kappa shape index (κ3) is 3.08. The van der Waals surface area contributed by atoms with Gasteiger partial charge in [0.25, 0.3) is 0 Å². The molecule has 1 aromatic heterocycles. The van der Waals surface area contributed by atoms with Crippen LogP contribution in [0.2, 0.25) is 0 Å². The first-order valence-electron chi connectivity index (χ1n) is 5.89. The van der Waals surface area contributed by atoms with Crippen LogP contribution in [-0.2, 0) is 0 Å². The molecule has 0 unspecified atom stereocenters. The summed E-state index contributed by atoms with van der Waals surface area (Å²) in [4.78, 5) is 5.47. The van der Waals surface area contributed by atoms with Gasteiger partial charge in [0.15, 0.2) is 5.13 Å². The van der Waals surface area contributed by atoms with Crippen LogP contribution < -0.4 is 5.32 Å². The van der Waals surface area contributed by atoms with Gasteiger partial charge in [0.2, 0.25) is 0 Å². The quantitative estimate of drug-likeness (QED) is 0.907. The normalized spacial score (nSPS) is 10.3. The first-order chi connectivity index (χ1) is 8.69. The van der Waals surface area contributed by atoms with E-state index in [9.17, 15) is 0 Å². The van der Waals surface area contributed by atoms with Crippen molar-refractivity contribution in [2.45, 2.75) is 13.8 Å². The zero-order valence-electron chi connectivity index (χ0n) is 10.5. The maximum Gasteiger partial charge on any atom is 0.183 e. The molecule has 2 rings (SSSR count). The number of hydrogen-bond donors (Lipinski definition) is 1. The Labute approximate surface area is 111 Å². The summed E-state index contributed by atoms with van der Waals surface area (Å²) in [5.74, 6) is 0.604. The molecule has 0 saturated carbocycles. The van der Waals surface area contributed by atoms with Gasteiger partial charge in [-0.25, -0.2) is 4.98 Å². The van der Waals surface area contributed by atoms with Crippen molar-refractivity contribution in [2.24, 2.45) is 5.92 Å². The molecule has 0 amide bonds. The lowest BCUT2D eigenvalue weighted by atomic mass is 10.1. The third-order valence-corrected chi connectivity index (χ3v) is 3.47. The Morgan fingerprint density at radius 3 is 2.67 bits per heavy atom. The van der Waals surface area contributed by atoms with E-state index in [2.05, 4.69) is 30.2 Å². The monoisotopic (exact) mass is 257 g/mol. The molecular formula is C14H15N3S. The summed E-state index contributed by atoms with van der Waals surface area (Å²) in [7, 11) is 0. The van der Waals surface area contributed by atoms with Crippen LogP contribution in [0.1, 0.15) is 19.4 Å². The highest BCUT2D eigenvalue weighted by Crippen LogP contribution is 2.29. The Balaban J connectivity index is 2.11. The van der Waals surface area contributed by atoms with Gasteiger partial charge in [-0.05, 0) is 23.6 Å². The molecule has 0 aliphatic heterocycles. The molecule has 0 atom stereocenters. The zero-order valence-corrected chi connectivity index (χ0v) is 11.3. The van der Waals surface area contributed by atoms with Gasteiger partial charge in [0.05, 0.1) is 16.5 Å². The molecule has 18 heavy (non-hydrogen) atoms. The molecule has 92 valence electrons. The second-order valence-corrected chi connectivity index (χ2v) is 5.52. The predicted octanol–water partition coefficient (Wildman–Crippen LogP) is 3.75. The first kappa shape index (κ1) is 12.6. The minimum absolute atomic E-state index is 0.604. The highest BCUT2D eigenvalue weighted by molar-refractivity contribution is 7.18. The van der Waals surface area contributed by atoms with E-state index in [0.29, 0.717) is 11.5 Å². The molecule has 0 saturated heterocycles. The molecule has 1 N–H and O–H groups in total. The molecule has 0 fully saturated rings. The van der Waals surface area contributed by atoms with E-state index in [0.717, 1.165) is 22.1 Å². The van der Waals surface area contributed by atoms with Crippen molar-refractivity contribution >= 4 is 16.5 Å². The van der Waals surface area contributed by atoms with Crippen molar-refractivity contribution < 1.29 is 0 Å². The van der Waals surface area contributed by atoms with Crippen LogP contribution in [0.3, 0.4) is 0 Å². The van der Waals surface area contributed by atoms with Crippen molar-refractivity contribution in [2.75, 3.05) is 11.9 Å². The summed E-state index contributed by atoms with van der Waals surface area (Å²) in [6, 6.07) is 9.69. The van der Waals surface area contributed by atoms with Crippen molar-refractivity contribution in [3.05, 3.63) is 36.0 Å². The van der Waals surface area contributed by atoms with Gasteiger partial charge in [-0.2, -0.15) is 5.26 Å². The lowest BCUT2D eigenvalue weighted by molar-refractivity contribution is 0.688. The molecule has 0 radical (unpaired) electrons. The van der Waals surface area contributed by atoms with E-state index in [1.165, 1.54) is 0 Å². The van der Waals surface area contributed by atoms with Crippen LogP contribution in [0.25, 0.3) is 10.4 Å². The van der Waals surface area contributed by atoms with Gasteiger partial charge in [0.1, 0.15) is 0 Å². The summed E-state index contributed by atoms with van der Waals surface area (Å²) >= 11 is 1.64. The first-order valence-corrected chi connectivity index (χ1v) is 6.71. The fourth-order valence-corrected chi connectivity index (χ4v) is 2.32. The van der Waals surface area contributed by atoms with Crippen molar-refractivity contribution in [3.8, 4) is 16.5 Å². The van der Waals surface area contributed by atoms with Gasteiger partial charge >= 0.3 is 0 Å². The van der Waals surface area contributed by atoms with E-state index in [1.807, 2.05) is 30.5 Å². The SMILES string of the molecule is CC(C)CNc1ncc(-c2ccc(C#N)cc2)s1. The standard InChI is InChI=1S/C14H15N3S/c1-10(2)8-16-14-17-9-13(18-14)12-5-3-11(7-15)4-6-12/h3-6,9-10H,8H2,1-2H3,(H,16,17). The fraction of sp³-hybridized carbons (Fsp3) is 0.286. The van der Waals surface area contributed by atoms with Crippen LogP contribution in [0.15, 0.2) is 30.5 Å². The van der Waals surface area contributed by atoms with E-state index in [1.54, 1.807) is 11.3 Å². The highest BCUT2D eigenvalue weighted by Gasteiger charge is 2.04. The predicted molar refractivity (Wildman–Crippen MR) is 75.6 cm³/mol. The lowest BCUT2D eigenvalue weighted by Gasteiger charge is -2.04. The molecule has 1 heterocycles. The Bertz CT molecular complexity index is 549. The molecule has 4 heteroatoms. The lowest BCUT2D eigenvalue weighted by Crippen LogP contribution is -2.07. The Morgan fingerprint density at radius 2 is 2.06 bits per heavy atom. The number of aromatic nitrogens is 1. The second-order valence-electron chi connectivity index (χ2n) is 4.49. The Hall–Kier alpha value is -1.86. The van der Waals surface area contributed by atoms with Crippen LogP contribution in [0.4, 0.5) is 5.13 Å². The number of nitriles is 1. The van der Waals surface area contributed by atoms with Crippen molar-refractivity contribution in [1.29, 1.82) is 5.26 Å². The Morgan fingerprint density at radius 1 is 1.33 bits per heavy atom. The molecule has 0 spiro atoms. The molecule has 0 aliphatic rings. The molecule has 2 aromatic rings. The number of rotatable bonds is 4. The second kappa shape index (κ2) is 5.65. The molecular weight excluding hydrogens is 242 g/mol. The van der Waals surface area contributed by atoms with Gasteiger partial charge in [-0.3, -0.25) is 0 Å². The topological polar surface area (TPSA) is 48.7 Å². The van der Waals surface area contributed by atoms with Crippen LogP contribution in [0.5, 0.6) is 0 Å². The molecule has 3 nitrogen and oxygen atoms in total. The van der Waals surface area contributed by atoms with Crippen LogP contribution in [-0.4, -0.2) is 11.5 Å². The summed E-state index contributed by atoms with van der Waals surface area (Å²) in [6.45, 7) is 5.27. The van der Waals surface area contributed by atoms with Gasteiger partial charge in [-0.15, -0.1) is 0 Å². The number of hydrogen-bond acceptors (Lipinski definition) is 4. The molecule has 0 bridgehead atoms. The summed E-state index contributed by atoms with van der Waals surface area (Å²) in [5, 5.41) is 13.0. The molecule has 0 aliphatic carbocycles. The zero-order chi connectivity index (χ0) is 13.0. The van der Waals surface area contributed by atoms with E-state index < -0.39 is 0 Å². The number of nitrogens with zero attached hydrogens (tertiary/aromatic N) is 2. The fourth-order valence-electron chi connectivity index (χ4n) is 1.49. The third-order valence-electron chi connectivity index (χ3n) is 2.47. The average molecular weight is 257 g/mol. The smallest absolute Gasteiger partial charge is 0.183 e. The molecule has 1 aromatic carbocycles. The van der Waals surface area contributed by atoms with E-state index >= 15 is 0 Å². The largest absolute Gasteiger partial charge is 0.361 e. The highest BCUT2D eigenvalue weighted by atomic mass is 32.1. The van der Waals surface area contributed by atoms with Gasteiger partial charge in [0, 0.05) is 12.7 Å². The average Bonchev–Trinajstić information content (AvgIpc) is 2.85. The summed E-state index contributed by atoms with van der Waals surface area (Å²) in [5.41, 5.74) is 1.78.